The summed E-state index contributed by atoms with van der Waals surface area (Å²) in [4.78, 5) is 32.3. The standard InChI is InChI=1S/C16H23N3O2/c1-4-15(20)18-10-8-13(11-18)16(21)19(5-2)14-7-6-9-17-12(14)3/h6-7,9,13H,4-5,8,10-11H2,1-3H3. The maximum Gasteiger partial charge on any atom is 0.231 e. The summed E-state index contributed by atoms with van der Waals surface area (Å²) in [5, 5.41) is 0. The van der Waals surface area contributed by atoms with Crippen LogP contribution in [0.25, 0.3) is 0 Å². The molecular weight excluding hydrogens is 266 g/mol. The van der Waals surface area contributed by atoms with E-state index in [1.54, 1.807) is 16.0 Å². The molecule has 1 atom stereocenters. The molecule has 1 aromatic heterocycles. The van der Waals surface area contributed by atoms with E-state index in [1.807, 2.05) is 32.9 Å². The van der Waals surface area contributed by atoms with Crippen LogP contribution in [0, 0.1) is 12.8 Å². The van der Waals surface area contributed by atoms with Gasteiger partial charge < -0.3 is 9.80 Å². The highest BCUT2D eigenvalue weighted by atomic mass is 16.2. The van der Waals surface area contributed by atoms with Crippen LogP contribution in [-0.4, -0.2) is 41.3 Å². The summed E-state index contributed by atoms with van der Waals surface area (Å²) in [6.07, 6.45) is 2.98. The largest absolute Gasteiger partial charge is 0.342 e. The van der Waals surface area contributed by atoms with Crippen LogP contribution in [0.2, 0.25) is 0 Å². The molecule has 1 aliphatic rings. The monoisotopic (exact) mass is 289 g/mol. The molecule has 1 aromatic rings. The number of anilines is 1. The van der Waals surface area contributed by atoms with Crippen LogP contribution >= 0.6 is 0 Å². The van der Waals surface area contributed by atoms with Gasteiger partial charge in [0.2, 0.25) is 11.8 Å². The Labute approximate surface area is 126 Å². The minimum absolute atomic E-state index is 0.0972. The Morgan fingerprint density at radius 2 is 2.19 bits per heavy atom. The second kappa shape index (κ2) is 6.70. The lowest BCUT2D eigenvalue weighted by molar-refractivity contribution is -0.130. The Bertz CT molecular complexity index is 530. The molecule has 1 fully saturated rings. The summed E-state index contributed by atoms with van der Waals surface area (Å²) in [6, 6.07) is 3.77. The number of rotatable bonds is 4. The number of hydrogen-bond donors (Lipinski definition) is 0. The van der Waals surface area contributed by atoms with E-state index in [9.17, 15) is 9.59 Å². The maximum absolute atomic E-state index is 12.7. The van der Waals surface area contributed by atoms with Crippen molar-refractivity contribution in [1.82, 2.24) is 9.88 Å². The van der Waals surface area contributed by atoms with Crippen molar-refractivity contribution >= 4 is 17.5 Å². The zero-order valence-electron chi connectivity index (χ0n) is 13.0. The molecule has 0 bridgehead atoms. The molecule has 0 aromatic carbocycles. The lowest BCUT2D eigenvalue weighted by Gasteiger charge is -2.25. The average molecular weight is 289 g/mol. The molecule has 2 amide bonds. The van der Waals surface area contributed by atoms with Crippen molar-refractivity contribution in [2.75, 3.05) is 24.5 Å². The predicted octanol–water partition coefficient (Wildman–Crippen LogP) is 2.00. The summed E-state index contributed by atoms with van der Waals surface area (Å²) in [7, 11) is 0. The summed E-state index contributed by atoms with van der Waals surface area (Å²) < 4.78 is 0. The summed E-state index contributed by atoms with van der Waals surface area (Å²) in [5.41, 5.74) is 1.72. The van der Waals surface area contributed by atoms with Crippen molar-refractivity contribution in [3.05, 3.63) is 24.0 Å². The van der Waals surface area contributed by atoms with Crippen LogP contribution in [-0.2, 0) is 9.59 Å². The number of amides is 2. The molecule has 2 heterocycles. The average Bonchev–Trinajstić information content (AvgIpc) is 2.98. The first-order chi connectivity index (χ1) is 10.1. The molecule has 0 aliphatic carbocycles. The van der Waals surface area contributed by atoms with Gasteiger partial charge in [0.05, 0.1) is 17.3 Å². The Hall–Kier alpha value is -1.91. The second-order valence-electron chi connectivity index (χ2n) is 5.37. The first kappa shape index (κ1) is 15.5. The van der Waals surface area contributed by atoms with E-state index < -0.39 is 0 Å². The molecule has 0 saturated carbocycles. The number of aryl methyl sites for hydroxylation is 1. The van der Waals surface area contributed by atoms with Crippen molar-refractivity contribution in [3.8, 4) is 0 Å². The fourth-order valence-corrected chi connectivity index (χ4v) is 2.84. The van der Waals surface area contributed by atoms with Crippen LogP contribution < -0.4 is 4.90 Å². The van der Waals surface area contributed by atoms with Gasteiger partial charge in [-0.3, -0.25) is 14.6 Å². The van der Waals surface area contributed by atoms with Gasteiger partial charge >= 0.3 is 0 Å². The molecule has 21 heavy (non-hydrogen) atoms. The van der Waals surface area contributed by atoms with E-state index in [0.29, 0.717) is 26.1 Å². The van der Waals surface area contributed by atoms with Gasteiger partial charge in [-0.05, 0) is 32.4 Å². The van der Waals surface area contributed by atoms with Crippen molar-refractivity contribution in [3.63, 3.8) is 0 Å². The highest BCUT2D eigenvalue weighted by Crippen LogP contribution is 2.24. The van der Waals surface area contributed by atoms with E-state index in [2.05, 4.69) is 4.98 Å². The van der Waals surface area contributed by atoms with E-state index in [-0.39, 0.29) is 17.7 Å². The van der Waals surface area contributed by atoms with Gasteiger partial charge in [-0.25, -0.2) is 0 Å². The highest BCUT2D eigenvalue weighted by Gasteiger charge is 2.33. The van der Waals surface area contributed by atoms with Gasteiger partial charge in [0.1, 0.15) is 0 Å². The first-order valence-electron chi connectivity index (χ1n) is 7.59. The Balaban J connectivity index is 2.12. The number of hydrogen-bond acceptors (Lipinski definition) is 3. The molecule has 0 radical (unpaired) electrons. The van der Waals surface area contributed by atoms with Crippen molar-refractivity contribution in [1.29, 1.82) is 0 Å². The number of carbonyl (C=O) groups excluding carboxylic acids is 2. The van der Waals surface area contributed by atoms with Crippen molar-refractivity contribution in [2.24, 2.45) is 5.92 Å². The van der Waals surface area contributed by atoms with Gasteiger partial charge in [-0.2, -0.15) is 0 Å². The van der Waals surface area contributed by atoms with E-state index >= 15 is 0 Å². The van der Waals surface area contributed by atoms with E-state index in [1.165, 1.54) is 0 Å². The quantitative estimate of drug-likeness (QED) is 0.852. The molecule has 1 unspecified atom stereocenters. The van der Waals surface area contributed by atoms with Gasteiger partial charge in [0.25, 0.3) is 0 Å². The zero-order valence-corrected chi connectivity index (χ0v) is 13.0. The summed E-state index contributed by atoms with van der Waals surface area (Å²) >= 11 is 0. The van der Waals surface area contributed by atoms with Crippen LogP contribution in [0.5, 0.6) is 0 Å². The zero-order chi connectivity index (χ0) is 15.4. The fourth-order valence-electron chi connectivity index (χ4n) is 2.84. The number of pyridine rings is 1. The summed E-state index contributed by atoms with van der Waals surface area (Å²) in [6.45, 7) is 7.58. The van der Waals surface area contributed by atoms with Crippen LogP contribution in [0.1, 0.15) is 32.4 Å². The highest BCUT2D eigenvalue weighted by molar-refractivity contribution is 5.96. The van der Waals surface area contributed by atoms with Crippen LogP contribution in [0.15, 0.2) is 18.3 Å². The molecule has 2 rings (SSSR count). The van der Waals surface area contributed by atoms with Crippen LogP contribution in [0.4, 0.5) is 5.69 Å². The normalized spacial score (nSPS) is 17.9. The molecule has 1 aliphatic heterocycles. The molecule has 1 saturated heterocycles. The molecule has 0 N–H and O–H groups in total. The fraction of sp³-hybridized carbons (Fsp3) is 0.562. The molecule has 114 valence electrons. The molecule has 5 heteroatoms. The maximum atomic E-state index is 12.7. The third-order valence-corrected chi connectivity index (χ3v) is 4.04. The van der Waals surface area contributed by atoms with Crippen molar-refractivity contribution in [2.45, 2.75) is 33.6 Å². The predicted molar refractivity (Wildman–Crippen MR) is 82.0 cm³/mol. The van der Waals surface area contributed by atoms with E-state index in [4.69, 9.17) is 0 Å². The molecular formula is C16H23N3O2. The number of likely N-dealkylation sites (tertiary alicyclic amines) is 1. The third kappa shape index (κ3) is 3.23. The smallest absolute Gasteiger partial charge is 0.231 e. The van der Waals surface area contributed by atoms with E-state index in [0.717, 1.165) is 17.8 Å². The first-order valence-corrected chi connectivity index (χ1v) is 7.59. The Kier molecular flexibility index (Phi) is 4.94. The van der Waals surface area contributed by atoms with Crippen molar-refractivity contribution < 1.29 is 9.59 Å². The Morgan fingerprint density at radius 1 is 1.43 bits per heavy atom. The van der Waals surface area contributed by atoms with Gasteiger partial charge in [-0.1, -0.05) is 6.92 Å². The third-order valence-electron chi connectivity index (χ3n) is 4.04. The topological polar surface area (TPSA) is 53.5 Å². The molecule has 5 nitrogen and oxygen atoms in total. The van der Waals surface area contributed by atoms with Crippen LogP contribution in [0.3, 0.4) is 0 Å². The number of nitrogens with zero attached hydrogens (tertiary/aromatic N) is 3. The minimum atomic E-state index is -0.0972. The number of carbonyl (C=O) groups is 2. The van der Waals surface area contributed by atoms with Gasteiger partial charge in [0, 0.05) is 32.3 Å². The van der Waals surface area contributed by atoms with Gasteiger partial charge in [-0.15, -0.1) is 0 Å². The lowest BCUT2D eigenvalue weighted by Crippen LogP contribution is -2.38. The lowest BCUT2D eigenvalue weighted by atomic mass is 10.1. The van der Waals surface area contributed by atoms with Gasteiger partial charge in [0.15, 0.2) is 0 Å². The summed E-state index contributed by atoms with van der Waals surface area (Å²) in [5.74, 6) is 0.131. The number of aromatic nitrogens is 1. The minimum Gasteiger partial charge on any atom is -0.342 e. The SMILES string of the molecule is CCC(=O)N1CCC(C(=O)N(CC)c2cccnc2C)C1. The second-order valence-corrected chi connectivity index (χ2v) is 5.37. The Morgan fingerprint density at radius 3 is 2.81 bits per heavy atom. The molecule has 0 spiro atoms.